The quantitative estimate of drug-likeness (QED) is 0.137. The van der Waals surface area contributed by atoms with Crippen molar-refractivity contribution < 1.29 is 28.5 Å². The molecule has 1 aromatic carbocycles. The number of methoxy groups -OCH3 is 2. The Bertz CT molecular complexity index is 820. The molecule has 0 aliphatic heterocycles. The van der Waals surface area contributed by atoms with Crippen LogP contribution in [0.3, 0.4) is 0 Å². The van der Waals surface area contributed by atoms with Crippen LogP contribution in [0.25, 0.3) is 0 Å². The lowest BCUT2D eigenvalue weighted by Gasteiger charge is -2.27. The number of carbonyl (C=O) groups excluding carboxylic acids is 2. The van der Waals surface area contributed by atoms with E-state index >= 15 is 0 Å². The maximum Gasteiger partial charge on any atom is 0.320 e. The summed E-state index contributed by atoms with van der Waals surface area (Å²) in [7, 11) is 3.16. The van der Waals surface area contributed by atoms with E-state index in [2.05, 4.69) is 55.4 Å². The highest BCUT2D eigenvalue weighted by Gasteiger charge is 2.38. The molecule has 1 aromatic rings. The minimum absolute atomic E-state index is 0.236. The lowest BCUT2D eigenvalue weighted by Crippen LogP contribution is -2.35. The zero-order valence-electron chi connectivity index (χ0n) is 26.5. The van der Waals surface area contributed by atoms with Crippen molar-refractivity contribution in [2.24, 2.45) is 41.4 Å². The van der Waals surface area contributed by atoms with Gasteiger partial charge < -0.3 is 18.9 Å². The van der Waals surface area contributed by atoms with E-state index in [9.17, 15) is 9.59 Å². The second-order valence-electron chi connectivity index (χ2n) is 12.6. The molecule has 6 nitrogen and oxygen atoms in total. The summed E-state index contributed by atoms with van der Waals surface area (Å²) in [5, 5.41) is 0. The Labute approximate surface area is 238 Å². The minimum Gasteiger partial charge on any atom is -0.497 e. The van der Waals surface area contributed by atoms with Crippen LogP contribution in [-0.4, -0.2) is 39.4 Å². The molecular formula is C33H56O6. The molecule has 0 aliphatic rings. The lowest BCUT2D eigenvalue weighted by molar-refractivity contribution is -0.165. The van der Waals surface area contributed by atoms with Crippen LogP contribution in [0.2, 0.25) is 0 Å². The van der Waals surface area contributed by atoms with Gasteiger partial charge in [-0.1, -0.05) is 81.2 Å². The van der Waals surface area contributed by atoms with Crippen LogP contribution < -0.4 is 9.47 Å². The maximum atomic E-state index is 13.6. The molecule has 6 heteroatoms. The van der Waals surface area contributed by atoms with Crippen molar-refractivity contribution in [3.63, 3.8) is 0 Å². The summed E-state index contributed by atoms with van der Waals surface area (Å²) in [6.45, 7) is 19.8. The Balaban J connectivity index is 3.21. The summed E-state index contributed by atoms with van der Waals surface area (Å²) in [4.78, 5) is 27.2. The molecule has 0 fully saturated rings. The molecule has 224 valence electrons. The fourth-order valence-electron chi connectivity index (χ4n) is 4.75. The average Bonchev–Trinajstić information content (AvgIpc) is 2.87. The van der Waals surface area contributed by atoms with Crippen LogP contribution in [0.4, 0.5) is 0 Å². The first-order valence-corrected chi connectivity index (χ1v) is 14.9. The van der Waals surface area contributed by atoms with Crippen molar-refractivity contribution in [1.82, 2.24) is 0 Å². The van der Waals surface area contributed by atoms with E-state index in [4.69, 9.17) is 18.9 Å². The average molecular weight is 549 g/mol. The van der Waals surface area contributed by atoms with E-state index in [1.807, 2.05) is 19.1 Å². The number of rotatable bonds is 18. The van der Waals surface area contributed by atoms with E-state index in [1.54, 1.807) is 20.3 Å². The van der Waals surface area contributed by atoms with Gasteiger partial charge in [-0.25, -0.2) is 0 Å². The smallest absolute Gasteiger partial charge is 0.320 e. The Kier molecular flexibility index (Phi) is 15.6. The fraction of sp³-hybridized carbons (Fsp3) is 0.758. The van der Waals surface area contributed by atoms with Crippen LogP contribution in [0.1, 0.15) is 99.5 Å². The minimum atomic E-state index is -1.09. The van der Waals surface area contributed by atoms with Crippen molar-refractivity contribution in [1.29, 1.82) is 0 Å². The number of benzene rings is 1. The standard InChI is InChI=1S/C33H56O6/c1-21(2)12-14-26(23(5)6)19-38-32(34)31(25(9)29-17-16-28(36-10)18-30(29)37-11)33(35)39-20-27(24(7)8)15-13-22(3)4/h16-18,21-27,31H,12-15,19-20H2,1-11H3. The van der Waals surface area contributed by atoms with Gasteiger partial charge in [-0.05, 0) is 60.0 Å². The van der Waals surface area contributed by atoms with Crippen molar-refractivity contribution >= 4 is 11.9 Å². The number of hydrogen-bond donors (Lipinski definition) is 0. The van der Waals surface area contributed by atoms with Gasteiger partial charge in [0.25, 0.3) is 0 Å². The second kappa shape index (κ2) is 17.5. The molecule has 0 saturated carbocycles. The summed E-state index contributed by atoms with van der Waals surface area (Å²) >= 11 is 0. The van der Waals surface area contributed by atoms with Crippen LogP contribution >= 0.6 is 0 Å². The second-order valence-corrected chi connectivity index (χ2v) is 12.6. The normalized spacial score (nSPS) is 14.8. The Morgan fingerprint density at radius 2 is 1.13 bits per heavy atom. The van der Waals surface area contributed by atoms with Gasteiger partial charge in [-0.2, -0.15) is 0 Å². The predicted molar refractivity (Wildman–Crippen MR) is 158 cm³/mol. The van der Waals surface area contributed by atoms with Crippen LogP contribution in [-0.2, 0) is 19.1 Å². The van der Waals surface area contributed by atoms with Gasteiger partial charge in [-0.3, -0.25) is 9.59 Å². The molecule has 0 bridgehead atoms. The van der Waals surface area contributed by atoms with E-state index < -0.39 is 23.8 Å². The maximum absolute atomic E-state index is 13.6. The van der Waals surface area contributed by atoms with E-state index in [-0.39, 0.29) is 11.8 Å². The summed E-state index contributed by atoms with van der Waals surface area (Å²) in [6.07, 6.45) is 4.09. The van der Waals surface area contributed by atoms with Gasteiger partial charge in [0.1, 0.15) is 11.5 Å². The SMILES string of the molecule is COc1ccc(C(C)C(C(=O)OCC(CCC(C)C)C(C)C)C(=O)OCC(CCC(C)C)C(C)C)c(OC)c1. The lowest BCUT2D eigenvalue weighted by atomic mass is 9.86. The van der Waals surface area contributed by atoms with E-state index in [0.29, 0.717) is 48.4 Å². The highest BCUT2D eigenvalue weighted by atomic mass is 16.6. The molecule has 0 N–H and O–H groups in total. The van der Waals surface area contributed by atoms with Gasteiger partial charge >= 0.3 is 11.9 Å². The van der Waals surface area contributed by atoms with Crippen LogP contribution in [0.5, 0.6) is 11.5 Å². The molecule has 3 atom stereocenters. The first kappa shape index (κ1) is 34.8. The van der Waals surface area contributed by atoms with Crippen molar-refractivity contribution in [2.45, 2.75) is 93.9 Å². The summed E-state index contributed by atoms with van der Waals surface area (Å²) in [5.74, 6) is 0.889. The van der Waals surface area contributed by atoms with Crippen molar-refractivity contribution in [2.75, 3.05) is 27.4 Å². The molecule has 0 spiro atoms. The van der Waals surface area contributed by atoms with Gasteiger partial charge in [0, 0.05) is 12.0 Å². The summed E-state index contributed by atoms with van der Waals surface area (Å²) in [6, 6.07) is 5.42. The number of esters is 2. The molecule has 1 rings (SSSR count). The van der Waals surface area contributed by atoms with Crippen LogP contribution in [0.15, 0.2) is 18.2 Å². The van der Waals surface area contributed by atoms with Gasteiger partial charge in [0.15, 0.2) is 5.92 Å². The topological polar surface area (TPSA) is 71.1 Å². The molecule has 0 saturated heterocycles. The Morgan fingerprint density at radius 3 is 1.49 bits per heavy atom. The molecule has 0 radical (unpaired) electrons. The van der Waals surface area contributed by atoms with E-state index in [0.717, 1.165) is 31.2 Å². The third-order valence-electron chi connectivity index (χ3n) is 7.93. The zero-order valence-corrected chi connectivity index (χ0v) is 26.5. The molecule has 0 heterocycles. The monoisotopic (exact) mass is 548 g/mol. The molecule has 0 aliphatic carbocycles. The molecular weight excluding hydrogens is 492 g/mol. The Morgan fingerprint density at radius 1 is 0.667 bits per heavy atom. The first-order chi connectivity index (χ1) is 18.3. The fourth-order valence-corrected chi connectivity index (χ4v) is 4.75. The van der Waals surface area contributed by atoms with Gasteiger partial charge in [-0.15, -0.1) is 0 Å². The van der Waals surface area contributed by atoms with Crippen molar-refractivity contribution in [3.05, 3.63) is 23.8 Å². The number of hydrogen-bond acceptors (Lipinski definition) is 6. The summed E-state index contributed by atoms with van der Waals surface area (Å²) < 4.78 is 22.7. The van der Waals surface area contributed by atoms with E-state index in [1.165, 1.54) is 0 Å². The number of ether oxygens (including phenoxy) is 4. The number of carbonyl (C=O) groups is 2. The molecule has 3 unspecified atom stereocenters. The summed E-state index contributed by atoms with van der Waals surface area (Å²) in [5.41, 5.74) is 0.734. The highest BCUT2D eigenvalue weighted by molar-refractivity contribution is 5.96. The predicted octanol–water partition coefficient (Wildman–Crippen LogP) is 7.93. The third-order valence-corrected chi connectivity index (χ3v) is 7.93. The molecule has 39 heavy (non-hydrogen) atoms. The molecule has 0 aromatic heterocycles. The van der Waals surface area contributed by atoms with Crippen LogP contribution in [0, 0.1) is 41.4 Å². The first-order valence-electron chi connectivity index (χ1n) is 14.9. The highest BCUT2D eigenvalue weighted by Crippen LogP contribution is 2.36. The van der Waals surface area contributed by atoms with Gasteiger partial charge in [0.05, 0.1) is 27.4 Å². The zero-order chi connectivity index (χ0) is 29.7. The largest absolute Gasteiger partial charge is 0.497 e. The van der Waals surface area contributed by atoms with Crippen molar-refractivity contribution in [3.8, 4) is 11.5 Å². The third kappa shape index (κ3) is 11.8. The Hall–Kier alpha value is -2.24. The molecule has 0 amide bonds. The van der Waals surface area contributed by atoms with Gasteiger partial charge in [0.2, 0.25) is 0 Å².